The van der Waals surface area contributed by atoms with E-state index >= 15 is 0 Å². The SMILES string of the molecule is NNC(=O)c1ccc(C23CC4CC(CC(C4)C2)C3)o1. The number of nitrogens with two attached hydrogens (primary N) is 1. The van der Waals surface area contributed by atoms with Crippen molar-refractivity contribution in [1.82, 2.24) is 5.43 Å². The van der Waals surface area contributed by atoms with Gasteiger partial charge in [-0.15, -0.1) is 0 Å². The molecule has 4 nitrogen and oxygen atoms in total. The highest BCUT2D eigenvalue weighted by atomic mass is 16.4. The van der Waals surface area contributed by atoms with Crippen molar-refractivity contribution in [1.29, 1.82) is 0 Å². The fraction of sp³-hybridized carbons (Fsp3) is 0.667. The molecule has 3 N–H and O–H groups in total. The lowest BCUT2D eigenvalue weighted by Crippen LogP contribution is -2.48. The van der Waals surface area contributed by atoms with Crippen LogP contribution in [0.15, 0.2) is 16.5 Å². The number of carbonyl (C=O) groups is 1. The van der Waals surface area contributed by atoms with Gasteiger partial charge >= 0.3 is 5.91 Å². The van der Waals surface area contributed by atoms with E-state index in [9.17, 15) is 4.79 Å². The average molecular weight is 260 g/mol. The molecule has 1 heterocycles. The third kappa shape index (κ3) is 1.66. The topological polar surface area (TPSA) is 68.3 Å². The highest BCUT2D eigenvalue weighted by Crippen LogP contribution is 2.60. The number of amides is 1. The summed E-state index contributed by atoms with van der Waals surface area (Å²) >= 11 is 0. The molecule has 1 amide bonds. The predicted molar refractivity (Wildman–Crippen MR) is 70.2 cm³/mol. The summed E-state index contributed by atoms with van der Waals surface area (Å²) in [5.41, 5.74) is 2.35. The molecule has 1 aromatic heterocycles. The molecule has 1 aromatic rings. The number of furan rings is 1. The van der Waals surface area contributed by atoms with Crippen molar-refractivity contribution in [3.8, 4) is 0 Å². The minimum atomic E-state index is -0.337. The van der Waals surface area contributed by atoms with Gasteiger partial charge in [-0.2, -0.15) is 0 Å². The summed E-state index contributed by atoms with van der Waals surface area (Å²) in [7, 11) is 0. The van der Waals surface area contributed by atoms with E-state index in [4.69, 9.17) is 10.3 Å². The molecule has 0 aromatic carbocycles. The standard InChI is InChI=1S/C15H20N2O2/c16-17-14(18)12-1-2-13(19-12)15-6-9-3-10(7-15)5-11(4-9)8-15/h1-2,9-11H,3-8,16H2,(H,17,18). The van der Waals surface area contributed by atoms with Crippen LogP contribution in [0.25, 0.3) is 0 Å². The zero-order valence-corrected chi connectivity index (χ0v) is 11.0. The average Bonchev–Trinajstić information content (AvgIpc) is 2.86. The molecular weight excluding hydrogens is 240 g/mol. The maximum atomic E-state index is 11.5. The van der Waals surface area contributed by atoms with Crippen molar-refractivity contribution in [2.24, 2.45) is 23.6 Å². The Morgan fingerprint density at radius 3 is 2.26 bits per heavy atom. The molecular formula is C15H20N2O2. The number of hydrazine groups is 1. The lowest BCUT2D eigenvalue weighted by molar-refractivity contribution is -0.0154. The van der Waals surface area contributed by atoms with Crippen LogP contribution in [0.3, 0.4) is 0 Å². The predicted octanol–water partition coefficient (Wildman–Crippen LogP) is 2.35. The van der Waals surface area contributed by atoms with Gasteiger partial charge in [-0.25, -0.2) is 5.84 Å². The Hall–Kier alpha value is -1.29. The number of nitrogens with one attached hydrogen (secondary N) is 1. The van der Waals surface area contributed by atoms with E-state index in [2.05, 4.69) is 5.43 Å². The lowest BCUT2D eigenvalue weighted by atomic mass is 9.49. The summed E-state index contributed by atoms with van der Waals surface area (Å²) in [6.07, 6.45) is 7.98. The molecule has 102 valence electrons. The monoisotopic (exact) mass is 260 g/mol. The molecule has 5 rings (SSSR count). The smallest absolute Gasteiger partial charge is 0.300 e. The van der Waals surface area contributed by atoms with E-state index in [-0.39, 0.29) is 11.3 Å². The van der Waals surface area contributed by atoms with E-state index in [1.54, 1.807) is 6.07 Å². The summed E-state index contributed by atoms with van der Waals surface area (Å²) in [5, 5.41) is 0. The molecule has 0 unspecified atom stereocenters. The molecule has 0 saturated heterocycles. The second-order valence-corrected chi connectivity index (χ2v) is 6.84. The first-order valence-corrected chi connectivity index (χ1v) is 7.30. The van der Waals surface area contributed by atoms with Crippen molar-refractivity contribution in [2.45, 2.75) is 43.9 Å². The van der Waals surface area contributed by atoms with Crippen molar-refractivity contribution in [3.05, 3.63) is 23.7 Å². The van der Waals surface area contributed by atoms with Gasteiger partial charge in [0.25, 0.3) is 0 Å². The summed E-state index contributed by atoms with van der Waals surface area (Å²) in [5.74, 6) is 8.82. The van der Waals surface area contributed by atoms with Crippen molar-refractivity contribution in [2.75, 3.05) is 0 Å². The Bertz CT molecular complexity index is 485. The fourth-order valence-corrected chi connectivity index (χ4v) is 5.23. The Balaban J connectivity index is 1.68. The molecule has 0 radical (unpaired) electrons. The van der Waals surface area contributed by atoms with Crippen LogP contribution in [0.2, 0.25) is 0 Å². The molecule has 0 aliphatic heterocycles. The molecule has 4 bridgehead atoms. The quantitative estimate of drug-likeness (QED) is 0.487. The Morgan fingerprint density at radius 2 is 1.74 bits per heavy atom. The highest BCUT2D eigenvalue weighted by molar-refractivity contribution is 5.90. The van der Waals surface area contributed by atoms with Crippen LogP contribution in [0.4, 0.5) is 0 Å². The first kappa shape index (κ1) is 11.5. The Kier molecular flexibility index (Phi) is 2.34. The van der Waals surface area contributed by atoms with E-state index < -0.39 is 0 Å². The number of nitrogen functional groups attached to an aromatic ring is 1. The summed E-state index contributed by atoms with van der Waals surface area (Å²) in [4.78, 5) is 11.5. The van der Waals surface area contributed by atoms with Crippen LogP contribution >= 0.6 is 0 Å². The maximum absolute atomic E-state index is 11.5. The third-order valence-electron chi connectivity index (χ3n) is 5.52. The number of hydrogen-bond donors (Lipinski definition) is 2. The zero-order chi connectivity index (χ0) is 13.0. The third-order valence-corrected chi connectivity index (χ3v) is 5.52. The normalized spacial score (nSPS) is 39.5. The lowest BCUT2D eigenvalue weighted by Gasteiger charge is -2.55. The second kappa shape index (κ2) is 3.85. The van der Waals surface area contributed by atoms with E-state index in [1.165, 1.54) is 38.5 Å². The van der Waals surface area contributed by atoms with Gasteiger partial charge in [-0.1, -0.05) is 0 Å². The molecule has 0 atom stereocenters. The largest absolute Gasteiger partial charge is 0.455 e. The number of hydrogen-bond acceptors (Lipinski definition) is 3. The summed E-state index contributed by atoms with van der Waals surface area (Å²) < 4.78 is 5.83. The van der Waals surface area contributed by atoms with Crippen molar-refractivity contribution in [3.63, 3.8) is 0 Å². The molecule has 0 spiro atoms. The minimum absolute atomic E-state index is 0.210. The highest BCUT2D eigenvalue weighted by Gasteiger charge is 2.53. The van der Waals surface area contributed by atoms with Gasteiger partial charge in [0.2, 0.25) is 0 Å². The van der Waals surface area contributed by atoms with Crippen LogP contribution in [0.5, 0.6) is 0 Å². The fourth-order valence-electron chi connectivity index (χ4n) is 5.23. The first-order chi connectivity index (χ1) is 9.18. The first-order valence-electron chi connectivity index (χ1n) is 7.30. The maximum Gasteiger partial charge on any atom is 0.300 e. The van der Waals surface area contributed by atoms with Gasteiger partial charge in [-0.05, 0) is 68.4 Å². The molecule has 4 heteroatoms. The zero-order valence-electron chi connectivity index (χ0n) is 11.0. The molecule has 4 saturated carbocycles. The van der Waals surface area contributed by atoms with Crippen LogP contribution in [-0.2, 0) is 5.41 Å². The molecule has 4 aliphatic carbocycles. The minimum Gasteiger partial charge on any atom is -0.455 e. The van der Waals surface area contributed by atoms with Gasteiger partial charge < -0.3 is 4.42 Å². The van der Waals surface area contributed by atoms with Crippen molar-refractivity contribution >= 4 is 5.91 Å². The van der Waals surface area contributed by atoms with Crippen LogP contribution in [-0.4, -0.2) is 5.91 Å². The molecule has 4 aliphatic rings. The number of carbonyl (C=O) groups excluding carboxylic acids is 1. The molecule has 19 heavy (non-hydrogen) atoms. The van der Waals surface area contributed by atoms with Crippen LogP contribution in [0.1, 0.15) is 54.8 Å². The number of rotatable bonds is 2. The van der Waals surface area contributed by atoms with Gasteiger partial charge in [0.1, 0.15) is 5.76 Å². The van der Waals surface area contributed by atoms with Crippen LogP contribution < -0.4 is 11.3 Å². The Morgan fingerprint density at radius 1 is 1.16 bits per heavy atom. The van der Waals surface area contributed by atoms with Gasteiger partial charge in [-0.3, -0.25) is 10.2 Å². The Labute approximate surface area is 112 Å². The van der Waals surface area contributed by atoms with Crippen molar-refractivity contribution < 1.29 is 9.21 Å². The van der Waals surface area contributed by atoms with Gasteiger partial charge in [0.15, 0.2) is 5.76 Å². The summed E-state index contributed by atoms with van der Waals surface area (Å²) in [6, 6.07) is 3.76. The second-order valence-electron chi connectivity index (χ2n) is 6.84. The molecule has 4 fully saturated rings. The van der Waals surface area contributed by atoms with E-state index in [0.29, 0.717) is 5.76 Å². The van der Waals surface area contributed by atoms with E-state index in [0.717, 1.165) is 23.5 Å². The summed E-state index contributed by atoms with van der Waals surface area (Å²) in [6.45, 7) is 0. The van der Waals surface area contributed by atoms with Gasteiger partial charge in [0, 0.05) is 5.41 Å². The van der Waals surface area contributed by atoms with Crippen LogP contribution in [0, 0.1) is 17.8 Å². The van der Waals surface area contributed by atoms with E-state index in [1.807, 2.05) is 6.07 Å². The van der Waals surface area contributed by atoms with Gasteiger partial charge in [0.05, 0.1) is 0 Å².